The average Bonchev–Trinajstić information content (AvgIpc) is 2.76. The molecule has 0 saturated heterocycles. The Kier molecular flexibility index (Phi) is 6.90. The van der Waals surface area contributed by atoms with E-state index in [2.05, 4.69) is 5.32 Å². The lowest BCUT2D eigenvalue weighted by atomic mass is 10.1. The van der Waals surface area contributed by atoms with E-state index >= 15 is 0 Å². The maximum absolute atomic E-state index is 12.6. The lowest BCUT2D eigenvalue weighted by Crippen LogP contribution is -2.29. The van der Waals surface area contributed by atoms with E-state index < -0.39 is 0 Å². The second kappa shape index (κ2) is 10.0. The van der Waals surface area contributed by atoms with Gasteiger partial charge < -0.3 is 19.5 Å². The van der Waals surface area contributed by atoms with Crippen molar-refractivity contribution in [2.75, 3.05) is 20.3 Å². The molecule has 0 aliphatic rings. The lowest BCUT2D eigenvalue weighted by molar-refractivity contribution is 0.0944. The fraction of sp³-hybridized carbons (Fsp3) is 0.174. The summed E-state index contributed by atoms with van der Waals surface area (Å²) in [6, 6.07) is 24.4. The molecule has 0 unspecified atom stereocenters. The van der Waals surface area contributed by atoms with Crippen molar-refractivity contribution in [2.45, 2.75) is 6.61 Å². The number of ether oxygens (including phenoxy) is 3. The van der Waals surface area contributed by atoms with Crippen LogP contribution in [0.2, 0.25) is 0 Å². The van der Waals surface area contributed by atoms with Gasteiger partial charge in [0.05, 0.1) is 13.7 Å². The minimum Gasteiger partial charge on any atom is -0.493 e. The molecule has 0 radical (unpaired) electrons. The smallest absolute Gasteiger partial charge is 0.251 e. The van der Waals surface area contributed by atoms with Gasteiger partial charge >= 0.3 is 0 Å². The number of rotatable bonds is 9. The number of carbonyl (C=O) groups excluding carboxylic acids is 1. The summed E-state index contributed by atoms with van der Waals surface area (Å²) >= 11 is 0. The molecule has 3 aromatic rings. The highest BCUT2D eigenvalue weighted by molar-refractivity contribution is 5.95. The van der Waals surface area contributed by atoms with Gasteiger partial charge in [0.1, 0.15) is 19.0 Å². The van der Waals surface area contributed by atoms with Gasteiger partial charge in [0.15, 0.2) is 11.5 Å². The second-order valence-electron chi connectivity index (χ2n) is 6.01. The van der Waals surface area contributed by atoms with Gasteiger partial charge in [0.2, 0.25) is 0 Å². The Bertz CT molecular complexity index is 896. The topological polar surface area (TPSA) is 56.8 Å². The molecule has 1 amide bonds. The number of methoxy groups -OCH3 is 1. The van der Waals surface area contributed by atoms with Crippen molar-refractivity contribution < 1.29 is 19.0 Å². The molecule has 0 saturated carbocycles. The molecule has 28 heavy (non-hydrogen) atoms. The first-order valence-electron chi connectivity index (χ1n) is 9.07. The summed E-state index contributed by atoms with van der Waals surface area (Å²) in [5.74, 6) is 1.92. The molecule has 0 aliphatic heterocycles. The third kappa shape index (κ3) is 5.27. The number of hydrogen-bond donors (Lipinski definition) is 1. The SMILES string of the molecule is COc1ccccc1OCCNC(=O)c1ccccc1COc1ccccc1. The first-order chi connectivity index (χ1) is 13.8. The Morgan fingerprint density at radius 3 is 2.29 bits per heavy atom. The number of hydrogen-bond acceptors (Lipinski definition) is 4. The quantitative estimate of drug-likeness (QED) is 0.571. The molecule has 0 spiro atoms. The van der Waals surface area contributed by atoms with Crippen molar-refractivity contribution in [2.24, 2.45) is 0 Å². The molecule has 5 heteroatoms. The molecular formula is C23H23NO4. The monoisotopic (exact) mass is 377 g/mol. The van der Waals surface area contributed by atoms with Crippen LogP contribution in [0, 0.1) is 0 Å². The highest BCUT2D eigenvalue weighted by Gasteiger charge is 2.11. The van der Waals surface area contributed by atoms with E-state index in [9.17, 15) is 4.79 Å². The van der Waals surface area contributed by atoms with Gasteiger partial charge in [0, 0.05) is 11.1 Å². The minimum atomic E-state index is -0.157. The van der Waals surface area contributed by atoms with E-state index in [1.54, 1.807) is 13.2 Å². The molecule has 3 rings (SSSR count). The predicted molar refractivity (Wildman–Crippen MR) is 108 cm³/mol. The van der Waals surface area contributed by atoms with E-state index in [4.69, 9.17) is 14.2 Å². The molecular weight excluding hydrogens is 354 g/mol. The zero-order chi connectivity index (χ0) is 19.6. The molecule has 0 heterocycles. The van der Waals surface area contributed by atoms with Gasteiger partial charge in [-0.25, -0.2) is 0 Å². The summed E-state index contributed by atoms with van der Waals surface area (Å²) in [6.45, 7) is 1.05. The normalized spacial score (nSPS) is 10.2. The van der Waals surface area contributed by atoms with Crippen LogP contribution in [0.4, 0.5) is 0 Å². The van der Waals surface area contributed by atoms with Crippen LogP contribution in [0.25, 0.3) is 0 Å². The van der Waals surface area contributed by atoms with E-state index in [0.29, 0.717) is 36.8 Å². The van der Waals surface area contributed by atoms with E-state index in [1.807, 2.05) is 72.8 Å². The number of benzene rings is 3. The number of carbonyl (C=O) groups is 1. The highest BCUT2D eigenvalue weighted by atomic mass is 16.5. The zero-order valence-electron chi connectivity index (χ0n) is 15.8. The summed E-state index contributed by atoms with van der Waals surface area (Å²) in [7, 11) is 1.60. The molecule has 144 valence electrons. The van der Waals surface area contributed by atoms with Crippen LogP contribution in [-0.4, -0.2) is 26.2 Å². The second-order valence-corrected chi connectivity index (χ2v) is 6.01. The van der Waals surface area contributed by atoms with E-state index in [-0.39, 0.29) is 5.91 Å². The Morgan fingerprint density at radius 2 is 1.50 bits per heavy atom. The van der Waals surface area contributed by atoms with Crippen LogP contribution in [0.5, 0.6) is 17.2 Å². The van der Waals surface area contributed by atoms with Crippen molar-refractivity contribution in [3.8, 4) is 17.2 Å². The van der Waals surface area contributed by atoms with Gasteiger partial charge in [-0.05, 0) is 30.3 Å². The first kappa shape index (κ1) is 19.3. The summed E-state index contributed by atoms with van der Waals surface area (Å²) in [4.78, 5) is 12.6. The molecule has 0 bridgehead atoms. The van der Waals surface area contributed by atoms with Crippen molar-refractivity contribution in [1.82, 2.24) is 5.32 Å². The van der Waals surface area contributed by atoms with E-state index in [0.717, 1.165) is 11.3 Å². The summed E-state index contributed by atoms with van der Waals surface area (Å²) in [5, 5.41) is 2.88. The Labute approximate surface area is 164 Å². The molecule has 3 aromatic carbocycles. The van der Waals surface area contributed by atoms with Gasteiger partial charge in [0.25, 0.3) is 5.91 Å². The van der Waals surface area contributed by atoms with Crippen LogP contribution in [0.3, 0.4) is 0 Å². The third-order valence-corrected chi connectivity index (χ3v) is 4.11. The Morgan fingerprint density at radius 1 is 0.821 bits per heavy atom. The first-order valence-corrected chi connectivity index (χ1v) is 9.07. The Balaban J connectivity index is 1.53. The fourth-order valence-corrected chi connectivity index (χ4v) is 2.70. The van der Waals surface area contributed by atoms with Crippen molar-refractivity contribution in [1.29, 1.82) is 0 Å². The van der Waals surface area contributed by atoms with E-state index in [1.165, 1.54) is 0 Å². The van der Waals surface area contributed by atoms with Crippen LogP contribution in [-0.2, 0) is 6.61 Å². The number of para-hydroxylation sites is 3. The van der Waals surface area contributed by atoms with Crippen molar-refractivity contribution in [3.05, 3.63) is 90.0 Å². The van der Waals surface area contributed by atoms with Crippen LogP contribution in [0.1, 0.15) is 15.9 Å². The van der Waals surface area contributed by atoms with Crippen molar-refractivity contribution in [3.63, 3.8) is 0 Å². The van der Waals surface area contributed by atoms with Crippen molar-refractivity contribution >= 4 is 5.91 Å². The fourth-order valence-electron chi connectivity index (χ4n) is 2.70. The van der Waals surface area contributed by atoms with Crippen LogP contribution >= 0.6 is 0 Å². The molecule has 0 aliphatic carbocycles. The van der Waals surface area contributed by atoms with Gasteiger partial charge in [-0.15, -0.1) is 0 Å². The molecule has 1 N–H and O–H groups in total. The number of nitrogens with one attached hydrogen (secondary N) is 1. The summed E-state index contributed by atoms with van der Waals surface area (Å²) < 4.78 is 16.7. The van der Waals surface area contributed by atoms with Crippen LogP contribution in [0.15, 0.2) is 78.9 Å². The molecule has 0 atom stereocenters. The Hall–Kier alpha value is -3.47. The minimum absolute atomic E-state index is 0.157. The third-order valence-electron chi connectivity index (χ3n) is 4.11. The predicted octanol–water partition coefficient (Wildman–Crippen LogP) is 4.08. The summed E-state index contributed by atoms with van der Waals surface area (Å²) in [6.07, 6.45) is 0. The zero-order valence-corrected chi connectivity index (χ0v) is 15.8. The van der Waals surface area contributed by atoms with Gasteiger partial charge in [-0.2, -0.15) is 0 Å². The molecule has 0 fully saturated rings. The lowest BCUT2D eigenvalue weighted by Gasteiger charge is -2.13. The standard InChI is InChI=1S/C23H23NO4/c1-26-21-13-7-8-14-22(21)27-16-15-24-23(25)20-12-6-5-9-18(20)17-28-19-10-3-2-4-11-19/h2-14H,15-17H2,1H3,(H,24,25). The average molecular weight is 377 g/mol. The molecule has 5 nitrogen and oxygen atoms in total. The molecule has 0 aromatic heterocycles. The van der Waals surface area contributed by atoms with Crippen LogP contribution < -0.4 is 19.5 Å². The number of amides is 1. The van der Waals surface area contributed by atoms with Gasteiger partial charge in [-0.3, -0.25) is 4.79 Å². The maximum Gasteiger partial charge on any atom is 0.251 e. The summed E-state index contributed by atoms with van der Waals surface area (Å²) in [5.41, 5.74) is 1.42. The maximum atomic E-state index is 12.6. The van der Waals surface area contributed by atoms with Gasteiger partial charge in [-0.1, -0.05) is 48.5 Å². The largest absolute Gasteiger partial charge is 0.493 e. The highest BCUT2D eigenvalue weighted by Crippen LogP contribution is 2.25.